The molecule has 0 aliphatic carbocycles. The second kappa shape index (κ2) is 5.70. The summed E-state index contributed by atoms with van der Waals surface area (Å²) in [6.45, 7) is 1.30. The minimum atomic E-state index is -1.17. The molecule has 84 valence electrons. The number of carboxylic acids is 1. The summed E-state index contributed by atoms with van der Waals surface area (Å²) in [5, 5.41) is 8.51. The van der Waals surface area contributed by atoms with Crippen LogP contribution in [0.4, 0.5) is 0 Å². The Balaban J connectivity index is 2.52. The lowest BCUT2D eigenvalue weighted by Gasteiger charge is -2.05. The monoisotopic (exact) mass is 220 g/mol. The summed E-state index contributed by atoms with van der Waals surface area (Å²) in [6.07, 6.45) is 1.64. The maximum absolute atomic E-state index is 11.2. The smallest absolute Gasteiger partial charge is 0.344 e. The van der Waals surface area contributed by atoms with Crippen LogP contribution in [0.5, 0.6) is 0 Å². The molecule has 16 heavy (non-hydrogen) atoms. The number of carboxylic acid groups (broad SMARTS) is 1. The van der Waals surface area contributed by atoms with Crippen molar-refractivity contribution in [2.45, 2.75) is 13.0 Å². The van der Waals surface area contributed by atoms with Gasteiger partial charge in [-0.05, 0) is 18.6 Å². The number of hydrogen-bond donors (Lipinski definition) is 1. The van der Waals surface area contributed by atoms with E-state index in [1.807, 2.05) is 30.3 Å². The van der Waals surface area contributed by atoms with Gasteiger partial charge in [-0.3, -0.25) is 0 Å². The van der Waals surface area contributed by atoms with Gasteiger partial charge in [0.25, 0.3) is 0 Å². The molecule has 1 unspecified atom stereocenters. The van der Waals surface area contributed by atoms with E-state index in [0.29, 0.717) is 0 Å². The molecule has 4 heteroatoms. The van der Waals surface area contributed by atoms with Crippen LogP contribution in [-0.2, 0) is 14.3 Å². The molecule has 0 aromatic heterocycles. The van der Waals surface area contributed by atoms with E-state index in [1.165, 1.54) is 13.0 Å². The van der Waals surface area contributed by atoms with Crippen LogP contribution < -0.4 is 0 Å². The predicted octanol–water partition coefficient (Wildman–Crippen LogP) is 1.72. The number of ether oxygens (including phenoxy) is 1. The molecule has 0 bridgehead atoms. The van der Waals surface area contributed by atoms with Crippen molar-refractivity contribution in [1.29, 1.82) is 0 Å². The van der Waals surface area contributed by atoms with Gasteiger partial charge in [0, 0.05) is 6.08 Å². The van der Waals surface area contributed by atoms with Gasteiger partial charge in [-0.1, -0.05) is 30.3 Å². The van der Waals surface area contributed by atoms with Crippen molar-refractivity contribution in [3.05, 3.63) is 42.0 Å². The number of esters is 1. The number of hydrogen-bond acceptors (Lipinski definition) is 3. The third-order valence-electron chi connectivity index (χ3n) is 1.85. The normalized spacial score (nSPS) is 12.3. The van der Waals surface area contributed by atoms with Gasteiger partial charge in [-0.25, -0.2) is 9.59 Å². The van der Waals surface area contributed by atoms with E-state index in [-0.39, 0.29) is 0 Å². The number of rotatable bonds is 4. The summed E-state index contributed by atoms with van der Waals surface area (Å²) in [6, 6.07) is 9.19. The Hall–Kier alpha value is -2.10. The maximum atomic E-state index is 11.2. The molecule has 1 N–H and O–H groups in total. The second-order valence-electron chi connectivity index (χ2n) is 3.16. The van der Waals surface area contributed by atoms with Crippen molar-refractivity contribution in [3.8, 4) is 0 Å². The highest BCUT2D eigenvalue weighted by molar-refractivity contribution is 5.88. The van der Waals surface area contributed by atoms with Crippen molar-refractivity contribution < 1.29 is 19.4 Å². The molecule has 1 aromatic carbocycles. The van der Waals surface area contributed by atoms with Gasteiger partial charge in [0.1, 0.15) is 0 Å². The maximum Gasteiger partial charge on any atom is 0.344 e. The number of carbonyl (C=O) groups excluding carboxylic acids is 1. The molecule has 0 radical (unpaired) electrons. The first kappa shape index (κ1) is 12.0. The van der Waals surface area contributed by atoms with Gasteiger partial charge in [0.15, 0.2) is 6.10 Å². The first-order valence-electron chi connectivity index (χ1n) is 4.76. The van der Waals surface area contributed by atoms with Gasteiger partial charge in [0.2, 0.25) is 0 Å². The molecule has 1 atom stereocenters. The Morgan fingerprint density at radius 1 is 1.31 bits per heavy atom. The Labute approximate surface area is 93.2 Å². The molecule has 0 heterocycles. The van der Waals surface area contributed by atoms with Crippen molar-refractivity contribution in [1.82, 2.24) is 0 Å². The van der Waals surface area contributed by atoms with Crippen LogP contribution in [0, 0.1) is 0 Å². The van der Waals surface area contributed by atoms with Gasteiger partial charge in [0.05, 0.1) is 0 Å². The minimum absolute atomic E-state index is 0.668. The Morgan fingerprint density at radius 2 is 1.94 bits per heavy atom. The van der Waals surface area contributed by atoms with Crippen LogP contribution in [-0.4, -0.2) is 23.1 Å². The lowest BCUT2D eigenvalue weighted by molar-refractivity contribution is -0.159. The predicted molar refractivity (Wildman–Crippen MR) is 58.7 cm³/mol. The van der Waals surface area contributed by atoms with Crippen molar-refractivity contribution in [2.24, 2.45) is 0 Å². The summed E-state index contributed by atoms with van der Waals surface area (Å²) < 4.78 is 4.61. The minimum Gasteiger partial charge on any atom is -0.479 e. The van der Waals surface area contributed by atoms with Gasteiger partial charge in [-0.15, -0.1) is 0 Å². The van der Waals surface area contributed by atoms with Crippen LogP contribution in [0.1, 0.15) is 12.5 Å². The summed E-state index contributed by atoms with van der Waals surface area (Å²) >= 11 is 0. The molecule has 1 aromatic rings. The molecule has 1 rings (SSSR count). The SMILES string of the molecule is CC(OC(=O)C=Cc1ccccc1)C(=O)O. The van der Waals surface area contributed by atoms with E-state index in [9.17, 15) is 9.59 Å². The van der Waals surface area contributed by atoms with Crippen LogP contribution >= 0.6 is 0 Å². The highest BCUT2D eigenvalue weighted by Gasteiger charge is 2.13. The zero-order chi connectivity index (χ0) is 12.0. The topological polar surface area (TPSA) is 63.6 Å². The van der Waals surface area contributed by atoms with Crippen molar-refractivity contribution >= 4 is 18.0 Å². The molecule has 0 amide bonds. The van der Waals surface area contributed by atoms with E-state index in [1.54, 1.807) is 6.08 Å². The van der Waals surface area contributed by atoms with Crippen molar-refractivity contribution in [2.75, 3.05) is 0 Å². The second-order valence-corrected chi connectivity index (χ2v) is 3.16. The Bertz CT molecular complexity index is 395. The molecule has 0 fully saturated rings. The average Bonchev–Trinajstić information content (AvgIpc) is 2.27. The molecule has 0 saturated carbocycles. The summed E-state index contributed by atoms with van der Waals surface area (Å²) in [7, 11) is 0. The Morgan fingerprint density at radius 3 is 2.50 bits per heavy atom. The zero-order valence-corrected chi connectivity index (χ0v) is 8.79. The molecule has 0 saturated heterocycles. The lowest BCUT2D eigenvalue weighted by Crippen LogP contribution is -2.22. The molecular formula is C12H12O4. The van der Waals surface area contributed by atoms with E-state index in [2.05, 4.69) is 4.74 Å². The van der Waals surface area contributed by atoms with Gasteiger partial charge < -0.3 is 9.84 Å². The third kappa shape index (κ3) is 3.96. The molecule has 0 aliphatic heterocycles. The van der Waals surface area contributed by atoms with Crippen LogP contribution in [0.25, 0.3) is 6.08 Å². The van der Waals surface area contributed by atoms with Crippen LogP contribution in [0.15, 0.2) is 36.4 Å². The van der Waals surface area contributed by atoms with Crippen LogP contribution in [0.2, 0.25) is 0 Å². The Kier molecular flexibility index (Phi) is 4.27. The molecule has 0 aliphatic rings. The standard InChI is InChI=1S/C12H12O4/c1-9(12(14)15)16-11(13)8-7-10-5-3-2-4-6-10/h2-9H,1H3,(H,14,15). The van der Waals surface area contributed by atoms with E-state index < -0.39 is 18.0 Å². The average molecular weight is 220 g/mol. The fourth-order valence-corrected chi connectivity index (χ4v) is 0.992. The van der Waals surface area contributed by atoms with E-state index >= 15 is 0 Å². The third-order valence-corrected chi connectivity index (χ3v) is 1.85. The summed E-state index contributed by atoms with van der Waals surface area (Å²) in [5.41, 5.74) is 0.849. The first-order chi connectivity index (χ1) is 7.59. The number of carbonyl (C=O) groups is 2. The fraction of sp³-hybridized carbons (Fsp3) is 0.167. The number of benzene rings is 1. The van der Waals surface area contributed by atoms with Crippen LogP contribution in [0.3, 0.4) is 0 Å². The molecular weight excluding hydrogens is 208 g/mol. The van der Waals surface area contributed by atoms with Crippen molar-refractivity contribution in [3.63, 3.8) is 0 Å². The van der Waals surface area contributed by atoms with Gasteiger partial charge in [-0.2, -0.15) is 0 Å². The summed E-state index contributed by atoms with van der Waals surface area (Å²) in [5.74, 6) is -1.83. The number of aliphatic carboxylic acids is 1. The first-order valence-corrected chi connectivity index (χ1v) is 4.76. The van der Waals surface area contributed by atoms with E-state index in [4.69, 9.17) is 5.11 Å². The largest absolute Gasteiger partial charge is 0.479 e. The highest BCUT2D eigenvalue weighted by atomic mass is 16.6. The zero-order valence-electron chi connectivity index (χ0n) is 8.79. The molecule has 4 nitrogen and oxygen atoms in total. The lowest BCUT2D eigenvalue weighted by atomic mass is 10.2. The molecule has 0 spiro atoms. The van der Waals surface area contributed by atoms with E-state index in [0.717, 1.165) is 5.56 Å². The summed E-state index contributed by atoms with van der Waals surface area (Å²) in [4.78, 5) is 21.6. The quantitative estimate of drug-likeness (QED) is 0.619. The highest BCUT2D eigenvalue weighted by Crippen LogP contribution is 2.02. The van der Waals surface area contributed by atoms with Gasteiger partial charge >= 0.3 is 11.9 Å². The fourth-order valence-electron chi connectivity index (χ4n) is 0.992.